The third kappa shape index (κ3) is 3.77. The third-order valence-corrected chi connectivity index (χ3v) is 3.64. The van der Waals surface area contributed by atoms with E-state index in [0.717, 1.165) is 17.7 Å². The van der Waals surface area contributed by atoms with Crippen molar-refractivity contribution < 1.29 is 13.2 Å². The average Bonchev–Trinajstić information content (AvgIpc) is 2.40. The maximum atomic E-state index is 13.2. The van der Waals surface area contributed by atoms with Crippen LogP contribution in [0.4, 0.5) is 13.2 Å². The molecule has 0 saturated heterocycles. The van der Waals surface area contributed by atoms with Gasteiger partial charge in [-0.05, 0) is 49.2 Å². The van der Waals surface area contributed by atoms with E-state index < -0.39 is 23.0 Å². The Morgan fingerprint density at radius 2 is 1.71 bits per heavy atom. The minimum atomic E-state index is -0.882. The highest BCUT2D eigenvalue weighted by Gasteiger charge is 2.23. The Kier molecular flexibility index (Phi) is 4.59. The lowest BCUT2D eigenvalue weighted by Crippen LogP contribution is -2.36. The summed E-state index contributed by atoms with van der Waals surface area (Å²) in [6.45, 7) is 4.09. The lowest BCUT2D eigenvalue weighted by Gasteiger charge is -2.28. The highest BCUT2D eigenvalue weighted by Crippen LogP contribution is 2.28. The summed E-state index contributed by atoms with van der Waals surface area (Å²) in [5.74, 6) is -2.16. The first-order chi connectivity index (χ1) is 9.79. The Morgan fingerprint density at radius 3 is 2.33 bits per heavy atom. The van der Waals surface area contributed by atoms with E-state index in [-0.39, 0.29) is 0 Å². The van der Waals surface area contributed by atoms with Gasteiger partial charge in [0, 0.05) is 17.1 Å². The van der Waals surface area contributed by atoms with Gasteiger partial charge in [0.05, 0.1) is 0 Å². The summed E-state index contributed by atoms with van der Waals surface area (Å²) in [6.07, 6.45) is 0. The molecule has 1 N–H and O–H groups in total. The molecule has 2 aromatic rings. The second-order valence-electron chi connectivity index (χ2n) is 5.35. The molecule has 0 aliphatic heterocycles. The van der Waals surface area contributed by atoms with E-state index in [0.29, 0.717) is 17.1 Å². The number of halogens is 4. The van der Waals surface area contributed by atoms with Gasteiger partial charge >= 0.3 is 0 Å². The topological polar surface area (TPSA) is 12.0 Å². The predicted molar refractivity (Wildman–Crippen MR) is 77.6 cm³/mol. The van der Waals surface area contributed by atoms with Gasteiger partial charge in [0.2, 0.25) is 0 Å². The molecule has 0 aliphatic rings. The van der Waals surface area contributed by atoms with Gasteiger partial charge in [-0.3, -0.25) is 0 Å². The van der Waals surface area contributed by atoms with Crippen LogP contribution < -0.4 is 5.32 Å². The molecule has 0 aliphatic carbocycles. The van der Waals surface area contributed by atoms with Crippen LogP contribution in [0.5, 0.6) is 0 Å². The van der Waals surface area contributed by atoms with E-state index in [2.05, 4.69) is 5.32 Å². The molecule has 0 radical (unpaired) electrons. The van der Waals surface area contributed by atoms with Crippen molar-refractivity contribution in [3.05, 3.63) is 70.0 Å². The molecular weight excluding hydrogens is 299 g/mol. The van der Waals surface area contributed by atoms with E-state index in [9.17, 15) is 13.2 Å². The molecule has 2 rings (SSSR count). The van der Waals surface area contributed by atoms with Gasteiger partial charge in [0.25, 0.3) is 0 Å². The first kappa shape index (κ1) is 15.9. The molecule has 0 bridgehead atoms. The molecule has 0 saturated carbocycles. The molecule has 1 nitrogen and oxygen atoms in total. The van der Waals surface area contributed by atoms with Gasteiger partial charge in [-0.15, -0.1) is 0 Å². The van der Waals surface area contributed by atoms with Crippen LogP contribution in [0.3, 0.4) is 0 Å². The molecule has 0 atom stereocenters. The number of benzene rings is 2. The minimum Gasteiger partial charge on any atom is -0.304 e. The van der Waals surface area contributed by atoms with E-state index in [1.807, 2.05) is 13.8 Å². The molecule has 0 amide bonds. The monoisotopic (exact) mass is 313 g/mol. The lowest BCUT2D eigenvalue weighted by molar-refractivity contribution is 0.399. The van der Waals surface area contributed by atoms with Gasteiger partial charge in [0.15, 0.2) is 11.6 Å². The molecule has 5 heteroatoms. The smallest absolute Gasteiger partial charge is 0.159 e. The van der Waals surface area contributed by atoms with Crippen LogP contribution in [-0.2, 0) is 12.1 Å². The normalized spacial score (nSPS) is 11.7. The first-order valence-corrected chi connectivity index (χ1v) is 6.82. The number of hydrogen-bond donors (Lipinski definition) is 1. The SMILES string of the molecule is CC(C)(NCc1ccc(F)c(F)c1)c1ccc(F)cc1Cl. The summed E-state index contributed by atoms with van der Waals surface area (Å²) < 4.78 is 39.1. The van der Waals surface area contributed by atoms with E-state index >= 15 is 0 Å². The fourth-order valence-corrected chi connectivity index (χ4v) is 2.47. The molecule has 2 aromatic carbocycles. The van der Waals surface area contributed by atoms with Crippen molar-refractivity contribution in [2.24, 2.45) is 0 Å². The molecule has 0 heterocycles. The van der Waals surface area contributed by atoms with Crippen LogP contribution in [0.15, 0.2) is 36.4 Å². The highest BCUT2D eigenvalue weighted by molar-refractivity contribution is 6.31. The molecule has 21 heavy (non-hydrogen) atoms. The summed E-state index contributed by atoms with van der Waals surface area (Å²) in [5.41, 5.74) is 0.795. The van der Waals surface area contributed by atoms with Crippen molar-refractivity contribution in [3.8, 4) is 0 Å². The standard InChI is InChI=1S/C16H15ClF3N/c1-16(2,12-5-4-11(18)8-13(12)17)21-9-10-3-6-14(19)15(20)7-10/h3-8,21H,9H2,1-2H3. The van der Waals surface area contributed by atoms with Crippen LogP contribution in [0.25, 0.3) is 0 Å². The van der Waals surface area contributed by atoms with E-state index in [4.69, 9.17) is 11.6 Å². The maximum absolute atomic E-state index is 13.2. The molecular formula is C16H15ClF3N. The van der Waals surface area contributed by atoms with Crippen molar-refractivity contribution in [1.29, 1.82) is 0 Å². The van der Waals surface area contributed by atoms with Gasteiger partial charge in [-0.2, -0.15) is 0 Å². The fraction of sp³-hybridized carbons (Fsp3) is 0.250. The third-order valence-electron chi connectivity index (χ3n) is 3.32. The molecule has 0 aromatic heterocycles. The second kappa shape index (κ2) is 6.08. The van der Waals surface area contributed by atoms with Crippen molar-refractivity contribution in [2.45, 2.75) is 25.9 Å². The Bertz CT molecular complexity index is 656. The highest BCUT2D eigenvalue weighted by atomic mass is 35.5. The Labute approximate surface area is 126 Å². The Balaban J connectivity index is 2.15. The lowest BCUT2D eigenvalue weighted by atomic mass is 9.93. The predicted octanol–water partition coefficient (Wildman–Crippen LogP) is 4.78. The molecule has 0 fully saturated rings. The van der Waals surface area contributed by atoms with Gasteiger partial charge < -0.3 is 5.32 Å². The minimum absolute atomic E-state index is 0.317. The Morgan fingerprint density at radius 1 is 1.00 bits per heavy atom. The van der Waals surface area contributed by atoms with Gasteiger partial charge in [-0.1, -0.05) is 23.7 Å². The van der Waals surface area contributed by atoms with Crippen LogP contribution in [-0.4, -0.2) is 0 Å². The zero-order chi connectivity index (χ0) is 15.6. The fourth-order valence-electron chi connectivity index (χ4n) is 2.06. The second-order valence-corrected chi connectivity index (χ2v) is 5.76. The summed E-state index contributed by atoms with van der Waals surface area (Å²) in [4.78, 5) is 0. The number of nitrogens with one attached hydrogen (secondary N) is 1. The van der Waals surface area contributed by atoms with Crippen LogP contribution in [0.1, 0.15) is 25.0 Å². The first-order valence-electron chi connectivity index (χ1n) is 6.44. The quantitative estimate of drug-likeness (QED) is 0.856. The number of rotatable bonds is 4. The van der Waals surface area contributed by atoms with Crippen molar-refractivity contribution in [3.63, 3.8) is 0 Å². The summed E-state index contributed by atoms with van der Waals surface area (Å²) in [7, 11) is 0. The summed E-state index contributed by atoms with van der Waals surface area (Å²) >= 11 is 6.05. The van der Waals surface area contributed by atoms with E-state index in [1.165, 1.54) is 18.2 Å². The van der Waals surface area contributed by atoms with Crippen molar-refractivity contribution in [2.75, 3.05) is 0 Å². The van der Waals surface area contributed by atoms with Crippen LogP contribution in [0.2, 0.25) is 5.02 Å². The molecule has 0 spiro atoms. The van der Waals surface area contributed by atoms with Gasteiger partial charge in [0.1, 0.15) is 5.82 Å². The Hall–Kier alpha value is -1.52. The zero-order valence-corrected chi connectivity index (χ0v) is 12.4. The maximum Gasteiger partial charge on any atom is 0.159 e. The van der Waals surface area contributed by atoms with Gasteiger partial charge in [-0.25, -0.2) is 13.2 Å². The van der Waals surface area contributed by atoms with Crippen LogP contribution in [0, 0.1) is 17.5 Å². The summed E-state index contributed by atoms with van der Waals surface area (Å²) in [5, 5.41) is 3.52. The largest absolute Gasteiger partial charge is 0.304 e. The zero-order valence-electron chi connectivity index (χ0n) is 11.7. The molecule has 112 valence electrons. The van der Waals surface area contributed by atoms with Crippen molar-refractivity contribution in [1.82, 2.24) is 5.32 Å². The van der Waals surface area contributed by atoms with E-state index in [1.54, 1.807) is 6.07 Å². The number of hydrogen-bond acceptors (Lipinski definition) is 1. The summed E-state index contributed by atoms with van der Waals surface area (Å²) in [6, 6.07) is 7.93. The van der Waals surface area contributed by atoms with Crippen LogP contribution >= 0.6 is 11.6 Å². The average molecular weight is 314 g/mol. The van der Waals surface area contributed by atoms with Crippen molar-refractivity contribution >= 4 is 11.6 Å². The molecule has 0 unspecified atom stereocenters.